The maximum Gasteiger partial charge on any atom is 0.416 e. The van der Waals surface area contributed by atoms with E-state index >= 15 is 0 Å². The first-order valence-electron chi connectivity index (χ1n) is 9.58. The van der Waals surface area contributed by atoms with Crippen molar-refractivity contribution in [2.75, 3.05) is 17.2 Å². The monoisotopic (exact) mass is 461 g/mol. The van der Waals surface area contributed by atoms with Gasteiger partial charge in [0, 0.05) is 37.1 Å². The molecule has 0 aliphatic heterocycles. The van der Waals surface area contributed by atoms with Crippen molar-refractivity contribution in [2.24, 2.45) is 0 Å². The van der Waals surface area contributed by atoms with Gasteiger partial charge in [0.25, 0.3) is 5.69 Å². The first-order valence-corrected chi connectivity index (χ1v) is 9.58. The van der Waals surface area contributed by atoms with Crippen LogP contribution in [0, 0.1) is 17.0 Å². The molecule has 1 amide bonds. The molecule has 0 atom stereocenters. The van der Waals surface area contributed by atoms with Crippen LogP contribution in [0.1, 0.15) is 17.5 Å². The number of anilines is 2. The highest BCUT2D eigenvalue weighted by molar-refractivity contribution is 5.91. The Kier molecular flexibility index (Phi) is 7.06. The Labute approximate surface area is 185 Å². The van der Waals surface area contributed by atoms with Crippen LogP contribution in [-0.2, 0) is 11.0 Å². The van der Waals surface area contributed by atoms with Gasteiger partial charge in [-0.15, -0.1) is 0 Å². The maximum atomic E-state index is 12.8. The van der Waals surface area contributed by atoms with Crippen LogP contribution in [0.25, 0.3) is 0 Å². The second kappa shape index (κ2) is 9.94. The predicted molar refractivity (Wildman–Crippen MR) is 113 cm³/mol. The zero-order chi connectivity index (χ0) is 24.0. The van der Waals surface area contributed by atoms with E-state index in [9.17, 15) is 28.1 Å². The zero-order valence-corrected chi connectivity index (χ0v) is 17.2. The van der Waals surface area contributed by atoms with Gasteiger partial charge in [0.2, 0.25) is 5.91 Å². The van der Waals surface area contributed by atoms with Crippen molar-refractivity contribution < 1.29 is 27.6 Å². The molecule has 0 bridgehead atoms. The normalized spacial score (nSPS) is 11.0. The van der Waals surface area contributed by atoms with E-state index in [0.717, 1.165) is 12.1 Å². The summed E-state index contributed by atoms with van der Waals surface area (Å²) in [7, 11) is 0. The third kappa shape index (κ3) is 6.38. The van der Waals surface area contributed by atoms with E-state index < -0.39 is 22.4 Å². The van der Waals surface area contributed by atoms with Crippen LogP contribution >= 0.6 is 0 Å². The first-order chi connectivity index (χ1) is 15.6. The summed E-state index contributed by atoms with van der Waals surface area (Å²) >= 11 is 0. The van der Waals surface area contributed by atoms with Crippen molar-refractivity contribution >= 4 is 23.0 Å². The Hall–Kier alpha value is -4.22. The number of carbonyl (C=O) groups is 1. The highest BCUT2D eigenvalue weighted by Gasteiger charge is 2.33. The molecule has 3 rings (SSSR count). The number of hydrogen-bond acceptors (Lipinski definition) is 7. The number of nitrogens with zero attached hydrogens (tertiary/aromatic N) is 3. The summed E-state index contributed by atoms with van der Waals surface area (Å²) in [5.41, 5.74) is -0.718. The highest BCUT2D eigenvalue weighted by Crippen LogP contribution is 2.35. The van der Waals surface area contributed by atoms with E-state index in [1.54, 1.807) is 31.2 Å². The molecular weight excluding hydrogens is 443 g/mol. The standard InChI is InChI=1S/C21H18F3N5O4/c1-13-11-15(33-20-26-8-2-9-27-20)4-6-16(13)28-19(30)7-10-25-17-5-3-14(21(22,23)24)12-18(17)29(31)32/h2-6,8-9,11-12,25H,7,10H2,1H3,(H,28,30). The number of aryl methyl sites for hydroxylation is 1. The molecule has 2 N–H and O–H groups in total. The van der Waals surface area contributed by atoms with Crippen molar-refractivity contribution in [2.45, 2.75) is 19.5 Å². The number of benzene rings is 2. The van der Waals surface area contributed by atoms with Crippen LogP contribution in [0.5, 0.6) is 11.8 Å². The van der Waals surface area contributed by atoms with Crippen LogP contribution < -0.4 is 15.4 Å². The van der Waals surface area contributed by atoms with Crippen molar-refractivity contribution in [3.8, 4) is 11.8 Å². The Bertz CT molecular complexity index is 1160. The summed E-state index contributed by atoms with van der Waals surface area (Å²) in [6, 6.07) is 8.95. The van der Waals surface area contributed by atoms with Gasteiger partial charge in [-0.2, -0.15) is 13.2 Å². The van der Waals surface area contributed by atoms with Crippen molar-refractivity contribution in [1.82, 2.24) is 9.97 Å². The molecule has 9 nitrogen and oxygen atoms in total. The van der Waals surface area contributed by atoms with Gasteiger partial charge < -0.3 is 15.4 Å². The minimum atomic E-state index is -4.70. The van der Waals surface area contributed by atoms with Crippen LogP contribution in [0.3, 0.4) is 0 Å². The summed E-state index contributed by atoms with van der Waals surface area (Å²) < 4.78 is 43.9. The summed E-state index contributed by atoms with van der Waals surface area (Å²) in [5, 5.41) is 16.5. The Morgan fingerprint density at radius 3 is 2.45 bits per heavy atom. The fourth-order valence-corrected chi connectivity index (χ4v) is 2.82. The Morgan fingerprint density at radius 1 is 1.12 bits per heavy atom. The average molecular weight is 461 g/mol. The van der Waals surface area contributed by atoms with Gasteiger partial charge in [-0.25, -0.2) is 9.97 Å². The molecule has 0 fully saturated rings. The molecule has 0 saturated carbocycles. The second-order valence-electron chi connectivity index (χ2n) is 6.82. The van der Waals surface area contributed by atoms with E-state index in [1.807, 2.05) is 0 Å². The van der Waals surface area contributed by atoms with E-state index in [1.165, 1.54) is 12.4 Å². The number of nitrogens with one attached hydrogen (secondary N) is 2. The molecule has 12 heteroatoms. The van der Waals surface area contributed by atoms with Crippen LogP contribution in [-0.4, -0.2) is 27.3 Å². The molecule has 0 spiro atoms. The number of hydrogen-bond donors (Lipinski definition) is 2. The topological polar surface area (TPSA) is 119 Å². The van der Waals surface area contributed by atoms with Gasteiger partial charge >= 0.3 is 12.2 Å². The molecule has 3 aromatic rings. The number of alkyl halides is 3. The van der Waals surface area contributed by atoms with Gasteiger partial charge in [-0.3, -0.25) is 14.9 Å². The third-order valence-electron chi connectivity index (χ3n) is 4.41. The number of carbonyl (C=O) groups excluding carboxylic acids is 1. The predicted octanol–water partition coefficient (Wildman–Crippen LogP) is 4.95. The van der Waals surface area contributed by atoms with Crippen molar-refractivity contribution in [1.29, 1.82) is 0 Å². The van der Waals surface area contributed by atoms with E-state index in [4.69, 9.17) is 4.74 Å². The van der Waals surface area contributed by atoms with Gasteiger partial charge in [-0.1, -0.05) is 0 Å². The molecule has 0 radical (unpaired) electrons. The average Bonchev–Trinajstić information content (AvgIpc) is 2.75. The highest BCUT2D eigenvalue weighted by atomic mass is 19.4. The Morgan fingerprint density at radius 2 is 1.82 bits per heavy atom. The summed E-state index contributed by atoms with van der Waals surface area (Å²) in [5.74, 6) is 0.0909. The minimum absolute atomic E-state index is 0.0242. The van der Waals surface area contributed by atoms with Gasteiger partial charge in [0.15, 0.2) is 0 Å². The number of ether oxygens (including phenoxy) is 1. The van der Waals surface area contributed by atoms with E-state index in [0.29, 0.717) is 23.1 Å². The van der Waals surface area contributed by atoms with Gasteiger partial charge in [0.05, 0.1) is 10.5 Å². The number of rotatable bonds is 8. The lowest BCUT2D eigenvalue weighted by Gasteiger charge is -2.12. The molecule has 33 heavy (non-hydrogen) atoms. The lowest BCUT2D eigenvalue weighted by atomic mass is 10.1. The van der Waals surface area contributed by atoms with Crippen LogP contribution in [0.2, 0.25) is 0 Å². The Balaban J connectivity index is 1.57. The molecule has 0 aliphatic carbocycles. The van der Waals surface area contributed by atoms with E-state index in [-0.39, 0.29) is 30.6 Å². The molecule has 172 valence electrons. The van der Waals surface area contributed by atoms with Gasteiger partial charge in [-0.05, 0) is 48.9 Å². The van der Waals surface area contributed by atoms with Crippen LogP contribution in [0.4, 0.5) is 30.2 Å². The van der Waals surface area contributed by atoms with Gasteiger partial charge in [0.1, 0.15) is 11.4 Å². The smallest absolute Gasteiger partial charge is 0.416 e. The summed E-state index contributed by atoms with van der Waals surface area (Å²) in [4.78, 5) is 30.4. The number of amides is 1. The van der Waals surface area contributed by atoms with E-state index in [2.05, 4.69) is 20.6 Å². The number of nitro benzene ring substituents is 1. The van der Waals surface area contributed by atoms with Crippen molar-refractivity contribution in [3.05, 3.63) is 76.1 Å². The lowest BCUT2D eigenvalue weighted by Crippen LogP contribution is -2.17. The maximum absolute atomic E-state index is 12.8. The molecular formula is C21H18F3N5O4. The first kappa shape index (κ1) is 23.4. The molecule has 0 saturated heterocycles. The summed E-state index contributed by atoms with van der Waals surface area (Å²) in [6.45, 7) is 1.74. The number of halogens is 3. The quantitative estimate of drug-likeness (QED) is 0.360. The van der Waals surface area contributed by atoms with Crippen LogP contribution in [0.15, 0.2) is 54.9 Å². The van der Waals surface area contributed by atoms with Crippen molar-refractivity contribution in [3.63, 3.8) is 0 Å². The molecule has 0 aliphatic rings. The minimum Gasteiger partial charge on any atom is -0.424 e. The molecule has 0 unspecified atom stereocenters. The largest absolute Gasteiger partial charge is 0.424 e. The molecule has 1 heterocycles. The number of nitro groups is 1. The SMILES string of the molecule is Cc1cc(Oc2ncccn2)ccc1NC(=O)CCNc1ccc(C(F)(F)F)cc1[N+](=O)[O-]. The second-order valence-corrected chi connectivity index (χ2v) is 6.82. The zero-order valence-electron chi connectivity index (χ0n) is 17.2. The lowest BCUT2D eigenvalue weighted by molar-refractivity contribution is -0.384. The fourth-order valence-electron chi connectivity index (χ4n) is 2.82. The number of aromatic nitrogens is 2. The molecule has 1 aromatic heterocycles. The molecule has 2 aromatic carbocycles. The fraction of sp³-hybridized carbons (Fsp3) is 0.190. The third-order valence-corrected chi connectivity index (χ3v) is 4.41. The summed E-state index contributed by atoms with van der Waals surface area (Å²) in [6.07, 6.45) is -1.70.